The summed E-state index contributed by atoms with van der Waals surface area (Å²) < 4.78 is 1.67. The number of aliphatic hydroxyl groups is 1. The first-order chi connectivity index (χ1) is 13.1. The number of H-pyrrole nitrogens is 1. The van der Waals surface area contributed by atoms with Gasteiger partial charge in [0.05, 0.1) is 12.4 Å². The van der Waals surface area contributed by atoms with Gasteiger partial charge in [-0.05, 0) is 12.1 Å². The highest BCUT2D eigenvalue weighted by atomic mass is 32.2. The van der Waals surface area contributed by atoms with Crippen LogP contribution in [0.2, 0.25) is 0 Å². The summed E-state index contributed by atoms with van der Waals surface area (Å²) in [7, 11) is 0. The molecule has 140 valence electrons. The van der Waals surface area contributed by atoms with Crippen LogP contribution in [0, 0.1) is 0 Å². The van der Waals surface area contributed by atoms with Crippen molar-refractivity contribution in [3.05, 3.63) is 52.8 Å². The number of hydrogen-bond acceptors (Lipinski definition) is 7. The quantitative estimate of drug-likeness (QED) is 0.351. The zero-order chi connectivity index (χ0) is 19.2. The van der Waals surface area contributed by atoms with E-state index in [-0.39, 0.29) is 29.7 Å². The molecule has 2 heterocycles. The third-order valence-electron chi connectivity index (χ3n) is 3.54. The number of nitrogens with two attached hydrogens (primary N) is 1. The summed E-state index contributed by atoms with van der Waals surface area (Å²) in [5.74, 6) is -0.106. The Morgan fingerprint density at radius 2 is 2.07 bits per heavy atom. The molecule has 0 spiro atoms. The molecule has 0 fully saturated rings. The zero-order valence-corrected chi connectivity index (χ0v) is 15.1. The van der Waals surface area contributed by atoms with Crippen molar-refractivity contribution in [3.63, 3.8) is 0 Å². The summed E-state index contributed by atoms with van der Waals surface area (Å²) in [5, 5.41) is 12.2. The number of para-hydroxylation sites is 1. The fourth-order valence-electron chi connectivity index (χ4n) is 2.39. The molecule has 3 aromatic rings. The number of amides is 1. The molecular formula is C17H18N6O3S. The molecule has 9 nitrogen and oxygen atoms in total. The maximum absolute atomic E-state index is 12.2. The van der Waals surface area contributed by atoms with Crippen LogP contribution >= 0.6 is 11.8 Å². The van der Waals surface area contributed by atoms with Crippen molar-refractivity contribution in [2.24, 2.45) is 0 Å². The van der Waals surface area contributed by atoms with E-state index in [2.05, 4.69) is 20.3 Å². The van der Waals surface area contributed by atoms with E-state index < -0.39 is 5.56 Å². The van der Waals surface area contributed by atoms with Gasteiger partial charge in [-0.2, -0.15) is 4.98 Å². The molecule has 0 atom stereocenters. The highest BCUT2D eigenvalue weighted by Crippen LogP contribution is 2.22. The molecule has 5 N–H and O–H groups in total. The first-order valence-corrected chi connectivity index (χ1v) is 9.06. The van der Waals surface area contributed by atoms with Crippen LogP contribution in [-0.4, -0.2) is 42.9 Å². The van der Waals surface area contributed by atoms with Crippen molar-refractivity contribution in [1.82, 2.24) is 19.5 Å². The third-order valence-corrected chi connectivity index (χ3v) is 4.52. The van der Waals surface area contributed by atoms with Crippen LogP contribution < -0.4 is 16.6 Å². The van der Waals surface area contributed by atoms with E-state index in [0.717, 1.165) is 0 Å². The Morgan fingerprint density at radius 3 is 2.81 bits per heavy atom. The first kappa shape index (κ1) is 18.7. The predicted molar refractivity (Wildman–Crippen MR) is 105 cm³/mol. The zero-order valence-electron chi connectivity index (χ0n) is 14.3. The Hall–Kier alpha value is -3.11. The van der Waals surface area contributed by atoms with E-state index in [1.807, 2.05) is 18.2 Å². The fourth-order valence-corrected chi connectivity index (χ4v) is 3.19. The van der Waals surface area contributed by atoms with Crippen molar-refractivity contribution >= 4 is 40.5 Å². The molecule has 0 aliphatic heterocycles. The number of nitrogens with one attached hydrogen (secondary N) is 2. The van der Waals surface area contributed by atoms with E-state index in [0.29, 0.717) is 23.0 Å². The van der Waals surface area contributed by atoms with Gasteiger partial charge in [-0.1, -0.05) is 42.1 Å². The molecule has 27 heavy (non-hydrogen) atoms. The minimum Gasteiger partial charge on any atom is -0.392 e. The van der Waals surface area contributed by atoms with Crippen LogP contribution in [-0.2, 0) is 11.3 Å². The van der Waals surface area contributed by atoms with Crippen LogP contribution in [0.4, 0.5) is 11.6 Å². The van der Waals surface area contributed by atoms with Gasteiger partial charge in [-0.15, -0.1) is 0 Å². The number of allylic oxidation sites excluding steroid dienone is 1. The normalized spacial score (nSPS) is 11.3. The molecule has 0 aliphatic rings. The number of aromatic amines is 1. The Kier molecular flexibility index (Phi) is 5.89. The van der Waals surface area contributed by atoms with Crippen LogP contribution in [0.5, 0.6) is 0 Å². The highest BCUT2D eigenvalue weighted by molar-refractivity contribution is 7.99. The Labute approximate surface area is 158 Å². The molecule has 0 radical (unpaired) electrons. The number of aromatic nitrogens is 4. The molecular weight excluding hydrogens is 368 g/mol. The van der Waals surface area contributed by atoms with Crippen LogP contribution in [0.3, 0.4) is 0 Å². The number of imidazole rings is 1. The molecule has 10 heteroatoms. The highest BCUT2D eigenvalue weighted by Gasteiger charge is 2.16. The average molecular weight is 386 g/mol. The van der Waals surface area contributed by atoms with Gasteiger partial charge in [0.25, 0.3) is 5.56 Å². The lowest BCUT2D eigenvalue weighted by Crippen LogP contribution is -2.14. The lowest BCUT2D eigenvalue weighted by molar-refractivity contribution is -0.113. The van der Waals surface area contributed by atoms with Crippen LogP contribution in [0.1, 0.15) is 0 Å². The third kappa shape index (κ3) is 4.54. The number of thioether (sulfide) groups is 1. The maximum Gasteiger partial charge on any atom is 0.280 e. The number of fused-ring (bicyclic) bond motifs is 1. The summed E-state index contributed by atoms with van der Waals surface area (Å²) in [6.45, 7) is 0.223. The number of benzene rings is 1. The number of hydrogen-bond donors (Lipinski definition) is 4. The number of nitrogens with zero attached hydrogens (tertiary/aromatic N) is 3. The summed E-state index contributed by atoms with van der Waals surface area (Å²) in [6.07, 6.45) is 3.28. The Bertz CT molecular complexity index is 1030. The summed E-state index contributed by atoms with van der Waals surface area (Å²) in [6, 6.07) is 9.12. The smallest absolute Gasteiger partial charge is 0.280 e. The number of carbonyl (C=O) groups is 1. The Balaban J connectivity index is 1.83. The fraction of sp³-hybridized carbons (Fsp3) is 0.176. The summed E-state index contributed by atoms with van der Waals surface area (Å²) in [5.41, 5.74) is 6.35. The maximum atomic E-state index is 12.2. The van der Waals surface area contributed by atoms with Gasteiger partial charge >= 0.3 is 0 Å². The van der Waals surface area contributed by atoms with Crippen LogP contribution in [0.15, 0.2) is 52.4 Å². The second kappa shape index (κ2) is 8.52. The monoisotopic (exact) mass is 386 g/mol. The lowest BCUT2D eigenvalue weighted by atomic mass is 10.3. The topological polar surface area (TPSA) is 139 Å². The van der Waals surface area contributed by atoms with E-state index >= 15 is 0 Å². The second-order valence-corrected chi connectivity index (χ2v) is 6.43. The average Bonchev–Trinajstić information content (AvgIpc) is 2.99. The summed E-state index contributed by atoms with van der Waals surface area (Å²) in [4.78, 5) is 35.1. The van der Waals surface area contributed by atoms with Crippen molar-refractivity contribution in [1.29, 1.82) is 0 Å². The Morgan fingerprint density at radius 1 is 1.30 bits per heavy atom. The SMILES string of the molecule is Nc1nc2c(nc(SCC(=O)Nc3ccccc3)n2CC=CCO)c(=O)[nH]1. The molecule has 1 aromatic carbocycles. The molecule has 3 rings (SSSR count). The van der Waals surface area contributed by atoms with E-state index in [1.54, 1.807) is 28.9 Å². The summed E-state index contributed by atoms with van der Waals surface area (Å²) >= 11 is 1.18. The minimum atomic E-state index is -0.446. The van der Waals surface area contributed by atoms with Gasteiger partial charge in [-0.25, -0.2) is 4.98 Å². The van der Waals surface area contributed by atoms with Gasteiger partial charge in [-0.3, -0.25) is 19.1 Å². The molecule has 2 aromatic heterocycles. The van der Waals surface area contributed by atoms with Crippen molar-refractivity contribution in [2.75, 3.05) is 23.4 Å². The molecule has 0 unspecified atom stereocenters. The number of aliphatic hydroxyl groups excluding tert-OH is 1. The van der Waals surface area contributed by atoms with Crippen molar-refractivity contribution in [2.45, 2.75) is 11.7 Å². The van der Waals surface area contributed by atoms with Gasteiger partial charge in [0.15, 0.2) is 16.3 Å². The van der Waals surface area contributed by atoms with E-state index in [9.17, 15) is 9.59 Å². The number of carbonyl (C=O) groups excluding carboxylic acids is 1. The van der Waals surface area contributed by atoms with Gasteiger partial charge in [0, 0.05) is 12.2 Å². The van der Waals surface area contributed by atoms with Gasteiger partial charge in [0.1, 0.15) is 0 Å². The van der Waals surface area contributed by atoms with Crippen LogP contribution in [0.25, 0.3) is 11.2 Å². The molecule has 0 aliphatic carbocycles. The molecule has 0 saturated heterocycles. The largest absolute Gasteiger partial charge is 0.392 e. The molecule has 1 amide bonds. The number of nitrogen functional groups attached to an aromatic ring is 1. The lowest BCUT2D eigenvalue weighted by Gasteiger charge is -2.07. The van der Waals surface area contributed by atoms with Crippen molar-refractivity contribution < 1.29 is 9.90 Å². The standard InChI is InChI=1S/C17H18N6O3S/c18-16-21-14-13(15(26)22-16)20-17(23(14)8-4-5-9-24)27-10-12(25)19-11-6-2-1-3-7-11/h1-7,24H,8-10H2,(H,19,25)(H3,18,21,22,26). The van der Waals surface area contributed by atoms with Crippen molar-refractivity contribution in [3.8, 4) is 0 Å². The molecule has 0 saturated carbocycles. The minimum absolute atomic E-state index is 0.0156. The number of rotatable bonds is 7. The van der Waals surface area contributed by atoms with E-state index in [4.69, 9.17) is 10.8 Å². The van der Waals surface area contributed by atoms with Gasteiger partial charge < -0.3 is 16.2 Å². The second-order valence-electron chi connectivity index (χ2n) is 5.49. The van der Waals surface area contributed by atoms with E-state index in [1.165, 1.54) is 11.8 Å². The first-order valence-electron chi connectivity index (χ1n) is 8.08. The molecule has 0 bridgehead atoms. The number of anilines is 2. The predicted octanol–water partition coefficient (Wildman–Crippen LogP) is 0.981. The van der Waals surface area contributed by atoms with Gasteiger partial charge in [0.2, 0.25) is 11.9 Å².